The molecule has 2 amide bonds. The molecule has 0 saturated carbocycles. The van der Waals surface area contributed by atoms with Gasteiger partial charge in [-0.1, -0.05) is 0 Å². The SMILES string of the molecule is C[NH+]1CCN(C(=O)C2CCN(c3c(F)cncc3NC(=O)c3c(N)nn4cc(F)cnc34)CC2)CC1. The Balaban J connectivity index is 1.31. The summed E-state index contributed by atoms with van der Waals surface area (Å²) in [6.45, 7) is 4.31. The first-order valence-electron chi connectivity index (χ1n) is 11.9. The number of piperazine rings is 1. The summed E-state index contributed by atoms with van der Waals surface area (Å²) >= 11 is 0. The molecular formula is C23H28F2N9O2+. The molecule has 3 aromatic rings. The van der Waals surface area contributed by atoms with Crippen molar-refractivity contribution in [3.05, 3.63) is 42.0 Å². The summed E-state index contributed by atoms with van der Waals surface area (Å²) < 4.78 is 29.5. The highest BCUT2D eigenvalue weighted by Gasteiger charge is 2.32. The van der Waals surface area contributed by atoms with Gasteiger partial charge in [-0.05, 0) is 12.8 Å². The normalized spacial score (nSPS) is 17.5. The Hall–Kier alpha value is -3.87. The average molecular weight is 501 g/mol. The van der Waals surface area contributed by atoms with Gasteiger partial charge in [-0.2, -0.15) is 0 Å². The van der Waals surface area contributed by atoms with Gasteiger partial charge in [-0.15, -0.1) is 5.10 Å². The van der Waals surface area contributed by atoms with Gasteiger partial charge in [-0.25, -0.2) is 18.3 Å². The molecule has 0 unspecified atom stereocenters. The van der Waals surface area contributed by atoms with Crippen molar-refractivity contribution in [1.82, 2.24) is 24.5 Å². The molecule has 0 spiro atoms. The molecule has 2 saturated heterocycles. The zero-order valence-electron chi connectivity index (χ0n) is 19.9. The quantitative estimate of drug-likeness (QED) is 0.453. The van der Waals surface area contributed by atoms with Crippen LogP contribution in [0.4, 0.5) is 26.0 Å². The minimum atomic E-state index is -0.669. The van der Waals surface area contributed by atoms with E-state index in [1.165, 1.54) is 11.1 Å². The highest BCUT2D eigenvalue weighted by atomic mass is 19.1. The molecular weight excluding hydrogens is 472 g/mol. The van der Waals surface area contributed by atoms with Crippen molar-refractivity contribution in [1.29, 1.82) is 0 Å². The van der Waals surface area contributed by atoms with Crippen LogP contribution in [0.1, 0.15) is 23.2 Å². The van der Waals surface area contributed by atoms with Crippen LogP contribution in [0, 0.1) is 17.6 Å². The second kappa shape index (κ2) is 9.64. The van der Waals surface area contributed by atoms with Gasteiger partial charge < -0.3 is 25.8 Å². The highest BCUT2D eigenvalue weighted by Crippen LogP contribution is 2.33. The zero-order valence-corrected chi connectivity index (χ0v) is 19.9. The van der Waals surface area contributed by atoms with Crippen molar-refractivity contribution in [3.8, 4) is 0 Å². The molecule has 11 nitrogen and oxygen atoms in total. The number of nitrogens with one attached hydrogen (secondary N) is 2. The van der Waals surface area contributed by atoms with E-state index >= 15 is 0 Å². The number of aromatic nitrogens is 4. The first-order valence-corrected chi connectivity index (χ1v) is 11.9. The average Bonchev–Trinajstić information content (AvgIpc) is 3.19. The Bertz CT molecular complexity index is 1300. The van der Waals surface area contributed by atoms with Crippen molar-refractivity contribution in [3.63, 3.8) is 0 Å². The molecule has 5 heterocycles. The maximum Gasteiger partial charge on any atom is 0.263 e. The van der Waals surface area contributed by atoms with Gasteiger partial charge in [0.05, 0.1) is 63.7 Å². The van der Waals surface area contributed by atoms with Crippen LogP contribution < -0.4 is 20.9 Å². The monoisotopic (exact) mass is 500 g/mol. The summed E-state index contributed by atoms with van der Waals surface area (Å²) in [6, 6.07) is 0. The van der Waals surface area contributed by atoms with E-state index in [2.05, 4.69) is 27.4 Å². The van der Waals surface area contributed by atoms with E-state index in [-0.39, 0.29) is 40.2 Å². The summed E-state index contributed by atoms with van der Waals surface area (Å²) in [6.07, 6.45) is 5.63. The van der Waals surface area contributed by atoms with Crippen LogP contribution in [0.5, 0.6) is 0 Å². The molecule has 190 valence electrons. The topological polar surface area (TPSA) is 126 Å². The molecule has 2 aliphatic rings. The third kappa shape index (κ3) is 4.53. The predicted molar refractivity (Wildman–Crippen MR) is 128 cm³/mol. The lowest BCUT2D eigenvalue weighted by Gasteiger charge is -2.37. The lowest BCUT2D eigenvalue weighted by Crippen LogP contribution is -3.12. The Morgan fingerprint density at radius 2 is 1.83 bits per heavy atom. The van der Waals surface area contributed by atoms with E-state index in [1.54, 1.807) is 0 Å². The number of rotatable bonds is 4. The number of fused-ring (bicyclic) bond motifs is 1. The molecule has 13 heteroatoms. The second-order valence-corrected chi connectivity index (χ2v) is 9.32. The number of quaternary nitrogens is 1. The highest BCUT2D eigenvalue weighted by molar-refractivity contribution is 6.12. The predicted octanol–water partition coefficient (Wildman–Crippen LogP) is -0.190. The Morgan fingerprint density at radius 1 is 1.11 bits per heavy atom. The summed E-state index contributed by atoms with van der Waals surface area (Å²) in [5, 5.41) is 6.59. The van der Waals surface area contributed by atoms with Crippen molar-refractivity contribution in [2.75, 3.05) is 62.3 Å². The molecule has 0 radical (unpaired) electrons. The number of carbonyl (C=O) groups excluding carboxylic acids is 2. The summed E-state index contributed by atoms with van der Waals surface area (Å²) in [5.41, 5.74) is 6.26. The van der Waals surface area contributed by atoms with Crippen LogP contribution in [-0.4, -0.2) is 82.6 Å². The first-order chi connectivity index (χ1) is 17.3. The van der Waals surface area contributed by atoms with E-state index in [0.29, 0.717) is 25.9 Å². The smallest absolute Gasteiger partial charge is 0.263 e. The van der Waals surface area contributed by atoms with E-state index < -0.39 is 17.5 Å². The van der Waals surface area contributed by atoms with Crippen molar-refractivity contribution < 1.29 is 23.3 Å². The fourth-order valence-corrected chi connectivity index (χ4v) is 4.89. The number of likely N-dealkylation sites (N-methyl/N-ethyl adjacent to an activating group) is 1. The number of nitrogen functional groups attached to an aromatic ring is 1. The van der Waals surface area contributed by atoms with Gasteiger partial charge >= 0.3 is 0 Å². The van der Waals surface area contributed by atoms with E-state index in [0.717, 1.165) is 49.3 Å². The van der Waals surface area contributed by atoms with Crippen LogP contribution in [0.3, 0.4) is 0 Å². The minimum absolute atomic E-state index is 0.0523. The zero-order chi connectivity index (χ0) is 25.4. The molecule has 3 aromatic heterocycles. The second-order valence-electron chi connectivity index (χ2n) is 9.32. The van der Waals surface area contributed by atoms with Crippen LogP contribution in [0.25, 0.3) is 5.65 Å². The molecule has 0 aromatic carbocycles. The number of nitrogens with zero attached hydrogens (tertiary/aromatic N) is 6. The Kier molecular flexibility index (Phi) is 6.39. The van der Waals surface area contributed by atoms with Crippen molar-refractivity contribution >= 4 is 34.7 Å². The van der Waals surface area contributed by atoms with E-state index in [1.807, 2.05) is 9.80 Å². The van der Waals surface area contributed by atoms with E-state index in [9.17, 15) is 18.4 Å². The third-order valence-corrected chi connectivity index (χ3v) is 6.91. The van der Waals surface area contributed by atoms with Crippen molar-refractivity contribution in [2.45, 2.75) is 12.8 Å². The molecule has 36 heavy (non-hydrogen) atoms. The number of nitrogens with two attached hydrogens (primary N) is 1. The van der Waals surface area contributed by atoms with Crippen LogP contribution >= 0.6 is 0 Å². The fourth-order valence-electron chi connectivity index (χ4n) is 4.89. The number of anilines is 3. The van der Waals surface area contributed by atoms with Crippen LogP contribution in [0.2, 0.25) is 0 Å². The number of amides is 2. The molecule has 2 aliphatic heterocycles. The number of carbonyl (C=O) groups is 2. The van der Waals surface area contributed by atoms with Crippen LogP contribution in [-0.2, 0) is 4.79 Å². The van der Waals surface area contributed by atoms with Gasteiger partial charge in [0.1, 0.15) is 11.3 Å². The number of hydrogen-bond donors (Lipinski definition) is 3. The first kappa shape index (κ1) is 23.9. The van der Waals surface area contributed by atoms with E-state index in [4.69, 9.17) is 5.73 Å². The fraction of sp³-hybridized carbons (Fsp3) is 0.435. The maximum absolute atomic E-state index is 15.0. The number of pyridine rings is 1. The van der Waals surface area contributed by atoms with Gasteiger partial charge in [0.25, 0.3) is 5.91 Å². The summed E-state index contributed by atoms with van der Waals surface area (Å²) in [7, 11) is 2.13. The molecule has 0 bridgehead atoms. The number of halogens is 2. The van der Waals surface area contributed by atoms with Gasteiger partial charge in [-0.3, -0.25) is 14.6 Å². The van der Waals surface area contributed by atoms with Gasteiger partial charge in [0.2, 0.25) is 5.91 Å². The maximum atomic E-state index is 15.0. The lowest BCUT2D eigenvalue weighted by atomic mass is 9.94. The Labute approximate surface area is 205 Å². The van der Waals surface area contributed by atoms with Gasteiger partial charge in [0, 0.05) is 19.0 Å². The number of piperidine rings is 1. The minimum Gasteiger partial charge on any atom is -0.381 e. The van der Waals surface area contributed by atoms with Crippen LogP contribution in [0.15, 0.2) is 24.8 Å². The van der Waals surface area contributed by atoms with Crippen molar-refractivity contribution in [2.24, 2.45) is 5.92 Å². The lowest BCUT2D eigenvalue weighted by molar-refractivity contribution is -0.883. The van der Waals surface area contributed by atoms with Gasteiger partial charge in [0.15, 0.2) is 23.1 Å². The molecule has 0 atom stereocenters. The molecule has 2 fully saturated rings. The third-order valence-electron chi connectivity index (χ3n) is 6.91. The molecule has 0 aliphatic carbocycles. The standard InChI is InChI=1S/C23H27F2N9O2/c1-31-6-8-33(9-7-31)23(36)14-2-4-32(5-3-14)19-16(25)11-27-12-17(19)29-22(35)18-20(26)30-34-13-15(24)10-28-21(18)34/h10-14H,2-9H2,1H3,(H2,26,30)(H,29,35)/p+1. The molecule has 5 rings (SSSR count). The summed E-state index contributed by atoms with van der Waals surface area (Å²) in [4.78, 5) is 39.0. The molecule has 4 N–H and O–H groups in total. The largest absolute Gasteiger partial charge is 0.381 e. The Morgan fingerprint density at radius 3 is 2.56 bits per heavy atom. The number of hydrogen-bond acceptors (Lipinski definition) is 7. The summed E-state index contributed by atoms with van der Waals surface area (Å²) in [5.74, 6) is -1.97.